The Morgan fingerprint density at radius 1 is 1.36 bits per heavy atom. The normalized spacial score (nSPS) is 12.1. The van der Waals surface area contributed by atoms with Crippen molar-refractivity contribution in [3.05, 3.63) is 58.3 Å². The van der Waals surface area contributed by atoms with Gasteiger partial charge >= 0.3 is 5.97 Å². The van der Waals surface area contributed by atoms with Gasteiger partial charge in [0.2, 0.25) is 5.69 Å². The number of hydrogen-bond acceptors (Lipinski definition) is 5. The molecule has 0 saturated carbocycles. The molecule has 25 heavy (non-hydrogen) atoms. The molecular formula is C18H14BrN3O3. The molecule has 2 aromatic heterocycles. The molecular weight excluding hydrogens is 386 g/mol. The van der Waals surface area contributed by atoms with Gasteiger partial charge in [0.15, 0.2) is 11.6 Å². The molecule has 0 aliphatic carbocycles. The van der Waals surface area contributed by atoms with Gasteiger partial charge in [0, 0.05) is 16.2 Å². The number of carbonyl (C=O) groups is 1. The van der Waals surface area contributed by atoms with E-state index in [9.17, 15) is 4.79 Å². The fourth-order valence-electron chi connectivity index (χ4n) is 2.80. The maximum absolute atomic E-state index is 12.3. The summed E-state index contributed by atoms with van der Waals surface area (Å²) in [6, 6.07) is 11.5. The molecule has 6 nitrogen and oxygen atoms in total. The van der Waals surface area contributed by atoms with Crippen LogP contribution in [0.2, 0.25) is 0 Å². The van der Waals surface area contributed by atoms with Crippen molar-refractivity contribution >= 4 is 21.9 Å². The zero-order valence-electron chi connectivity index (χ0n) is 13.4. The molecule has 0 amide bonds. The van der Waals surface area contributed by atoms with Gasteiger partial charge in [-0.25, -0.2) is 14.5 Å². The van der Waals surface area contributed by atoms with Crippen LogP contribution in [0.15, 0.2) is 47.1 Å². The second-order valence-electron chi connectivity index (χ2n) is 5.44. The van der Waals surface area contributed by atoms with Gasteiger partial charge in [-0.05, 0) is 36.8 Å². The summed E-state index contributed by atoms with van der Waals surface area (Å²) in [6.45, 7) is 2.40. The van der Waals surface area contributed by atoms with Crippen molar-refractivity contribution in [1.82, 2.24) is 14.8 Å². The third kappa shape index (κ3) is 2.70. The van der Waals surface area contributed by atoms with Crippen molar-refractivity contribution < 1.29 is 14.3 Å². The smallest absolute Gasteiger partial charge is 0.362 e. The van der Waals surface area contributed by atoms with Crippen molar-refractivity contribution in [1.29, 1.82) is 0 Å². The van der Waals surface area contributed by atoms with E-state index in [1.165, 1.54) is 0 Å². The maximum atomic E-state index is 12.3. The van der Waals surface area contributed by atoms with E-state index < -0.39 is 5.97 Å². The number of hydrogen-bond donors (Lipinski definition) is 0. The van der Waals surface area contributed by atoms with E-state index in [2.05, 4.69) is 26.0 Å². The molecule has 0 fully saturated rings. The highest BCUT2D eigenvalue weighted by Gasteiger charge is 2.31. The minimum absolute atomic E-state index is 0.160. The number of ether oxygens (including phenoxy) is 2. The number of halogens is 1. The van der Waals surface area contributed by atoms with E-state index in [1.807, 2.05) is 36.4 Å². The first-order valence-electron chi connectivity index (χ1n) is 7.82. The number of fused-ring (bicyclic) bond motifs is 3. The SMILES string of the molecule is CCOC(=O)c1nn(-c2ccccn2)c2c1OCc1ccc(Br)cc1-2. The second kappa shape index (κ2) is 6.33. The van der Waals surface area contributed by atoms with E-state index in [0.717, 1.165) is 15.6 Å². The number of rotatable bonds is 3. The van der Waals surface area contributed by atoms with Gasteiger partial charge < -0.3 is 9.47 Å². The predicted molar refractivity (Wildman–Crippen MR) is 94.8 cm³/mol. The predicted octanol–water partition coefficient (Wildman–Crippen LogP) is 3.77. The number of benzene rings is 1. The quantitative estimate of drug-likeness (QED) is 0.627. The zero-order chi connectivity index (χ0) is 17.4. The number of esters is 1. The van der Waals surface area contributed by atoms with Crippen molar-refractivity contribution in [3.63, 3.8) is 0 Å². The Morgan fingerprint density at radius 2 is 2.24 bits per heavy atom. The molecule has 0 saturated heterocycles. The summed E-state index contributed by atoms with van der Waals surface area (Å²) >= 11 is 3.51. The lowest BCUT2D eigenvalue weighted by Gasteiger charge is -2.19. The van der Waals surface area contributed by atoms with Gasteiger partial charge in [0.25, 0.3) is 0 Å². The Hall–Kier alpha value is -2.67. The standard InChI is InChI=1S/C18H14BrN3O3/c1-2-24-18(23)15-17-16(22(21-15)14-5-3-4-8-20-14)13-9-12(19)7-6-11(13)10-25-17/h3-9H,2,10H2,1H3. The first kappa shape index (κ1) is 15.8. The van der Waals surface area contributed by atoms with Crippen LogP contribution < -0.4 is 4.74 Å². The molecule has 1 aliphatic heterocycles. The number of carbonyl (C=O) groups excluding carboxylic acids is 1. The molecule has 0 spiro atoms. The molecule has 0 N–H and O–H groups in total. The fraction of sp³-hybridized carbons (Fsp3) is 0.167. The van der Waals surface area contributed by atoms with Crippen LogP contribution >= 0.6 is 15.9 Å². The summed E-state index contributed by atoms with van der Waals surface area (Å²) < 4.78 is 13.6. The van der Waals surface area contributed by atoms with Crippen LogP contribution in [-0.2, 0) is 11.3 Å². The Morgan fingerprint density at radius 3 is 3.00 bits per heavy atom. The fourth-order valence-corrected chi connectivity index (χ4v) is 3.16. The Balaban J connectivity index is 1.98. The molecule has 0 bridgehead atoms. The molecule has 3 heterocycles. The number of pyridine rings is 1. The van der Waals surface area contributed by atoms with Gasteiger partial charge in [-0.15, -0.1) is 0 Å². The molecule has 1 aliphatic rings. The lowest BCUT2D eigenvalue weighted by atomic mass is 10.0. The van der Waals surface area contributed by atoms with Crippen molar-refractivity contribution in [2.75, 3.05) is 6.61 Å². The summed E-state index contributed by atoms with van der Waals surface area (Å²) in [4.78, 5) is 16.7. The monoisotopic (exact) mass is 399 g/mol. The Bertz CT molecular complexity index is 954. The molecule has 0 radical (unpaired) electrons. The molecule has 126 valence electrons. The molecule has 1 aromatic carbocycles. The van der Waals surface area contributed by atoms with E-state index in [4.69, 9.17) is 9.47 Å². The van der Waals surface area contributed by atoms with E-state index in [-0.39, 0.29) is 12.3 Å². The summed E-state index contributed by atoms with van der Waals surface area (Å²) in [7, 11) is 0. The number of aromatic nitrogens is 3. The van der Waals surface area contributed by atoms with Crippen molar-refractivity contribution in [2.45, 2.75) is 13.5 Å². The topological polar surface area (TPSA) is 66.2 Å². The summed E-state index contributed by atoms with van der Waals surface area (Å²) in [6.07, 6.45) is 1.68. The molecule has 3 aromatic rings. The Labute approximate surface area is 152 Å². The van der Waals surface area contributed by atoms with Crippen LogP contribution in [0.4, 0.5) is 0 Å². The maximum Gasteiger partial charge on any atom is 0.362 e. The Kier molecular flexibility index (Phi) is 4.01. The van der Waals surface area contributed by atoms with Gasteiger partial charge in [0.1, 0.15) is 12.3 Å². The summed E-state index contributed by atoms with van der Waals surface area (Å²) in [5.74, 6) is 0.521. The van der Waals surface area contributed by atoms with Crippen LogP contribution in [0.25, 0.3) is 17.1 Å². The average molecular weight is 400 g/mol. The highest BCUT2D eigenvalue weighted by Crippen LogP contribution is 2.42. The van der Waals surface area contributed by atoms with Gasteiger partial charge in [-0.3, -0.25) is 0 Å². The highest BCUT2D eigenvalue weighted by molar-refractivity contribution is 9.10. The van der Waals surface area contributed by atoms with Gasteiger partial charge in [0.05, 0.1) is 6.61 Å². The minimum atomic E-state index is -0.508. The van der Waals surface area contributed by atoms with Crippen LogP contribution in [0.3, 0.4) is 0 Å². The summed E-state index contributed by atoms with van der Waals surface area (Å²) in [5.41, 5.74) is 2.82. The molecule has 7 heteroatoms. The van der Waals surface area contributed by atoms with E-state index >= 15 is 0 Å². The second-order valence-corrected chi connectivity index (χ2v) is 6.35. The molecule has 0 atom stereocenters. The van der Waals surface area contributed by atoms with Gasteiger partial charge in [-0.1, -0.05) is 28.1 Å². The minimum Gasteiger partial charge on any atom is -0.484 e. The van der Waals surface area contributed by atoms with Crippen molar-refractivity contribution in [3.8, 4) is 22.8 Å². The summed E-state index contributed by atoms with van der Waals surface area (Å²) in [5, 5.41) is 4.45. The zero-order valence-corrected chi connectivity index (χ0v) is 15.0. The third-order valence-corrected chi connectivity index (χ3v) is 4.37. The first-order chi connectivity index (χ1) is 12.2. The van der Waals surface area contributed by atoms with Gasteiger partial charge in [-0.2, -0.15) is 5.10 Å². The molecule has 0 unspecified atom stereocenters. The van der Waals surface area contributed by atoms with Crippen LogP contribution in [0.5, 0.6) is 5.75 Å². The van der Waals surface area contributed by atoms with Crippen LogP contribution in [0.1, 0.15) is 23.0 Å². The van der Waals surface area contributed by atoms with E-state index in [0.29, 0.717) is 23.9 Å². The van der Waals surface area contributed by atoms with Crippen molar-refractivity contribution in [2.24, 2.45) is 0 Å². The van der Waals surface area contributed by atoms with Crippen LogP contribution in [-0.4, -0.2) is 27.3 Å². The average Bonchev–Trinajstić information content (AvgIpc) is 3.03. The molecule has 4 rings (SSSR count). The van der Waals surface area contributed by atoms with E-state index in [1.54, 1.807) is 17.8 Å². The lowest BCUT2D eigenvalue weighted by Crippen LogP contribution is -2.10. The first-order valence-corrected chi connectivity index (χ1v) is 8.61. The van der Waals surface area contributed by atoms with Crippen LogP contribution in [0, 0.1) is 0 Å². The lowest BCUT2D eigenvalue weighted by molar-refractivity contribution is 0.0514. The highest BCUT2D eigenvalue weighted by atomic mass is 79.9. The third-order valence-electron chi connectivity index (χ3n) is 3.88. The largest absolute Gasteiger partial charge is 0.484 e. The number of nitrogens with zero attached hydrogens (tertiary/aromatic N) is 3.